The third-order valence-electron chi connectivity index (χ3n) is 18.2. The molecule has 5 saturated carbocycles. The molecule has 8 nitrogen and oxygen atoms in total. The Kier molecular flexibility index (Phi) is 11.5. The van der Waals surface area contributed by atoms with Gasteiger partial charge in [0.05, 0.1) is 17.1 Å². The van der Waals surface area contributed by atoms with Crippen LogP contribution < -0.4 is 5.32 Å². The Labute approximate surface area is 328 Å². The predicted molar refractivity (Wildman–Crippen MR) is 217 cm³/mol. The minimum atomic E-state index is -2.94. The van der Waals surface area contributed by atoms with Gasteiger partial charge in [0.1, 0.15) is 15.9 Å². The third-order valence-corrected chi connectivity index (χ3v) is 19.8. The Hall–Kier alpha value is -1.45. The molecule has 1 heterocycles. The topological polar surface area (TPSA) is 113 Å². The van der Waals surface area contributed by atoms with Gasteiger partial charge in [-0.15, -0.1) is 0 Å². The van der Waals surface area contributed by atoms with E-state index in [-0.39, 0.29) is 45.4 Å². The molecule has 308 valence electrons. The number of aliphatic carboxylic acids is 1. The maximum atomic E-state index is 13.1. The molecule has 6 aliphatic rings. The number of allylic oxidation sites excluding steroid dienone is 1. The van der Waals surface area contributed by atoms with Gasteiger partial charge in [0, 0.05) is 24.8 Å². The first-order chi connectivity index (χ1) is 25.0. The van der Waals surface area contributed by atoms with Crippen LogP contribution in [0.15, 0.2) is 12.2 Å². The molecule has 1 aliphatic heterocycles. The summed E-state index contributed by atoms with van der Waals surface area (Å²) in [7, 11) is -2.94. The van der Waals surface area contributed by atoms with E-state index in [1.54, 1.807) is 13.8 Å². The smallest absolute Gasteiger partial charge is 0.309 e. The lowest BCUT2D eigenvalue weighted by atomic mass is 9.32. The van der Waals surface area contributed by atoms with Crippen molar-refractivity contribution in [3.05, 3.63) is 12.2 Å². The highest BCUT2D eigenvalue weighted by molar-refractivity contribution is 7.91. The number of nitrogens with zero attached hydrogens (tertiary/aromatic N) is 1. The SMILES string of the molecule is C=C(C)[C@@H]1CC[C@]2(CCNCCN3CCC(S(C)(=O)=O)CC3)CC[C@]3(C)[C@H](CC[C@@H]4[C@@]5(C)CC[C@H](OC(=O)CC(C)(C)C(=O)O)C(C)(C)[C@@H]5CC[C@]43C)[C@@H]12. The monoisotopic (exact) mass is 773 g/mol. The van der Waals surface area contributed by atoms with Gasteiger partial charge in [0.15, 0.2) is 0 Å². The summed E-state index contributed by atoms with van der Waals surface area (Å²) in [4.78, 5) is 27.3. The fourth-order valence-electron chi connectivity index (χ4n) is 14.8. The number of hydrogen-bond donors (Lipinski definition) is 2. The Morgan fingerprint density at radius 2 is 1.56 bits per heavy atom. The van der Waals surface area contributed by atoms with Crippen molar-refractivity contribution < 1.29 is 27.9 Å². The summed E-state index contributed by atoms with van der Waals surface area (Å²) in [5.74, 6) is 1.74. The van der Waals surface area contributed by atoms with Crippen molar-refractivity contribution in [2.45, 2.75) is 157 Å². The number of hydrogen-bond acceptors (Lipinski definition) is 7. The molecule has 0 unspecified atom stereocenters. The molecular formula is C45H76N2O6S. The number of rotatable bonds is 12. The number of piperidine rings is 1. The highest BCUT2D eigenvalue weighted by atomic mass is 32.2. The second kappa shape index (κ2) is 14.7. The van der Waals surface area contributed by atoms with Crippen molar-refractivity contribution in [1.29, 1.82) is 0 Å². The Morgan fingerprint density at radius 3 is 2.19 bits per heavy atom. The van der Waals surface area contributed by atoms with E-state index in [0.29, 0.717) is 35.0 Å². The van der Waals surface area contributed by atoms with Crippen molar-refractivity contribution in [2.24, 2.45) is 62.1 Å². The Balaban J connectivity index is 1.13. The average Bonchev–Trinajstić information content (AvgIpc) is 3.46. The van der Waals surface area contributed by atoms with Gasteiger partial charge in [-0.05, 0) is 175 Å². The molecule has 54 heavy (non-hydrogen) atoms. The maximum Gasteiger partial charge on any atom is 0.309 e. The lowest BCUT2D eigenvalue weighted by molar-refractivity contribution is -0.250. The van der Waals surface area contributed by atoms with E-state index in [0.717, 1.165) is 64.8 Å². The van der Waals surface area contributed by atoms with Gasteiger partial charge >= 0.3 is 11.9 Å². The van der Waals surface area contributed by atoms with Crippen LogP contribution in [-0.4, -0.2) is 80.7 Å². The molecule has 6 rings (SSSR count). The maximum absolute atomic E-state index is 13.1. The normalized spacial score (nSPS) is 41.2. The Bertz CT molecular complexity index is 1550. The molecule has 9 heteroatoms. The molecule has 0 aromatic carbocycles. The van der Waals surface area contributed by atoms with Crippen molar-refractivity contribution in [2.75, 3.05) is 39.0 Å². The fraction of sp³-hybridized carbons (Fsp3) is 0.911. The zero-order valence-electron chi connectivity index (χ0n) is 35.5. The number of likely N-dealkylation sites (tertiary alicyclic amines) is 1. The molecule has 0 aromatic rings. The van der Waals surface area contributed by atoms with Crippen molar-refractivity contribution in [3.8, 4) is 0 Å². The minimum absolute atomic E-state index is 0.102. The standard InChI is InChI=1S/C45H76N2O6S/c1-30(2)32-13-20-45(23-24-46-25-28-47-26-16-31(17-27-47)54(10,51)52)22-21-43(8)33(38(32)45)11-12-35-42(7)18-15-36(53-37(48)29-40(3,4)39(49)50)41(5,6)34(42)14-19-44(35,43)9/h31-36,38,46H,1,11-29H2,2-10H3,(H,49,50)/t32-,33+,34-,35+,36-,38+,42-,43+,44+,45+/m0/s1. The molecule has 6 fully saturated rings. The second-order valence-corrected chi connectivity index (χ2v) is 23.9. The van der Waals surface area contributed by atoms with E-state index in [4.69, 9.17) is 4.74 Å². The van der Waals surface area contributed by atoms with Crippen LogP contribution in [0.25, 0.3) is 0 Å². The first-order valence-electron chi connectivity index (χ1n) is 21.7. The molecule has 5 aliphatic carbocycles. The van der Waals surface area contributed by atoms with Crippen LogP contribution in [0.5, 0.6) is 0 Å². The summed E-state index contributed by atoms with van der Waals surface area (Å²) in [6.07, 6.45) is 15.9. The molecule has 0 radical (unpaired) electrons. The molecule has 0 amide bonds. The number of sulfone groups is 1. The van der Waals surface area contributed by atoms with E-state index in [1.165, 1.54) is 63.2 Å². The quantitative estimate of drug-likeness (QED) is 0.115. The molecule has 2 N–H and O–H groups in total. The number of carbonyl (C=O) groups excluding carboxylic acids is 1. The molecule has 1 saturated heterocycles. The molecule has 0 bridgehead atoms. The highest BCUT2D eigenvalue weighted by Gasteiger charge is 2.71. The number of fused-ring (bicyclic) bond motifs is 7. The van der Waals surface area contributed by atoms with E-state index >= 15 is 0 Å². The van der Waals surface area contributed by atoms with Crippen LogP contribution in [0.2, 0.25) is 0 Å². The summed E-state index contributed by atoms with van der Waals surface area (Å²) in [5.41, 5.74) is 1.16. The van der Waals surface area contributed by atoms with Gasteiger partial charge < -0.3 is 20.1 Å². The van der Waals surface area contributed by atoms with Gasteiger partial charge in [-0.3, -0.25) is 9.59 Å². The predicted octanol–water partition coefficient (Wildman–Crippen LogP) is 8.55. The third kappa shape index (κ3) is 7.17. The number of esters is 1. The van der Waals surface area contributed by atoms with E-state index < -0.39 is 21.2 Å². The minimum Gasteiger partial charge on any atom is -0.481 e. The summed E-state index contributed by atoms with van der Waals surface area (Å²) < 4.78 is 30.2. The first-order valence-corrected chi connectivity index (χ1v) is 23.7. The lowest BCUT2D eigenvalue weighted by Crippen LogP contribution is -2.66. The number of nitrogens with one attached hydrogen (secondary N) is 1. The van der Waals surface area contributed by atoms with Crippen molar-refractivity contribution in [3.63, 3.8) is 0 Å². The fourth-order valence-corrected chi connectivity index (χ4v) is 15.9. The number of carboxylic acids is 1. The molecule has 0 spiro atoms. The van der Waals surface area contributed by atoms with Gasteiger partial charge in [-0.1, -0.05) is 46.8 Å². The summed E-state index contributed by atoms with van der Waals surface area (Å²) in [6.45, 7) is 27.5. The highest BCUT2D eigenvalue weighted by Crippen LogP contribution is 2.78. The largest absolute Gasteiger partial charge is 0.481 e. The van der Waals surface area contributed by atoms with Gasteiger partial charge in [-0.25, -0.2) is 8.42 Å². The molecule has 10 atom stereocenters. The zero-order chi connectivity index (χ0) is 39.7. The zero-order valence-corrected chi connectivity index (χ0v) is 36.3. The van der Waals surface area contributed by atoms with Gasteiger partial charge in [-0.2, -0.15) is 0 Å². The summed E-state index contributed by atoms with van der Waals surface area (Å²) in [5, 5.41) is 13.3. The molecular weight excluding hydrogens is 697 g/mol. The number of carbonyl (C=O) groups is 2. The van der Waals surface area contributed by atoms with E-state index in [2.05, 4.69) is 58.3 Å². The van der Waals surface area contributed by atoms with Crippen LogP contribution in [0.3, 0.4) is 0 Å². The van der Waals surface area contributed by atoms with Gasteiger partial charge in [0.2, 0.25) is 0 Å². The van der Waals surface area contributed by atoms with Crippen molar-refractivity contribution in [1.82, 2.24) is 10.2 Å². The molecule has 0 aromatic heterocycles. The number of ether oxygens (including phenoxy) is 1. The van der Waals surface area contributed by atoms with Crippen LogP contribution in [-0.2, 0) is 24.2 Å². The van der Waals surface area contributed by atoms with Crippen LogP contribution in [0.4, 0.5) is 0 Å². The van der Waals surface area contributed by atoms with E-state index in [1.807, 2.05) is 0 Å². The van der Waals surface area contributed by atoms with Crippen LogP contribution in [0.1, 0.15) is 145 Å². The van der Waals surface area contributed by atoms with Crippen molar-refractivity contribution >= 4 is 21.8 Å². The average molecular weight is 773 g/mol. The summed E-state index contributed by atoms with van der Waals surface area (Å²) >= 11 is 0. The van der Waals surface area contributed by atoms with Crippen LogP contribution in [0, 0.1) is 62.1 Å². The second-order valence-electron chi connectivity index (χ2n) is 21.6. The van der Waals surface area contributed by atoms with Crippen LogP contribution >= 0.6 is 0 Å². The Morgan fingerprint density at radius 1 is 0.870 bits per heavy atom. The van der Waals surface area contributed by atoms with E-state index in [9.17, 15) is 23.1 Å². The summed E-state index contributed by atoms with van der Waals surface area (Å²) in [6, 6.07) is 0. The first kappa shape index (κ1) is 42.2. The van der Waals surface area contributed by atoms with Gasteiger partial charge in [0.25, 0.3) is 0 Å². The lowest BCUT2D eigenvalue weighted by Gasteiger charge is -2.73. The number of carboxylic acid groups (broad SMARTS) is 1.